The van der Waals surface area contributed by atoms with E-state index in [2.05, 4.69) is 10.2 Å². The Bertz CT molecular complexity index is 794. The summed E-state index contributed by atoms with van der Waals surface area (Å²) < 4.78 is 5.49. The number of hydrogen-bond acceptors (Lipinski definition) is 4. The first-order valence-corrected chi connectivity index (χ1v) is 6.45. The average molecular weight is 279 g/mol. The minimum atomic E-state index is -0.493. The summed E-state index contributed by atoms with van der Waals surface area (Å²) in [4.78, 5) is 11.4. The normalized spacial score (nSPS) is 10.5. The summed E-state index contributed by atoms with van der Waals surface area (Å²) in [5, 5.41) is 7.87. The fraction of sp³-hybridized carbons (Fsp3) is 0.0625. The van der Waals surface area contributed by atoms with Crippen molar-refractivity contribution in [2.24, 2.45) is 5.73 Å². The van der Waals surface area contributed by atoms with Crippen molar-refractivity contribution in [1.29, 1.82) is 0 Å². The predicted octanol–water partition coefficient (Wildman–Crippen LogP) is 2.81. The van der Waals surface area contributed by atoms with E-state index in [1.165, 1.54) is 0 Å². The smallest absolute Gasteiger partial charge is 0.248 e. The summed E-state index contributed by atoms with van der Waals surface area (Å²) in [5.74, 6) is 0.343. The highest BCUT2D eigenvalue weighted by atomic mass is 16.4. The molecule has 104 valence electrons. The largest absolute Gasteiger partial charge is 0.421 e. The van der Waals surface area contributed by atoms with Gasteiger partial charge in [0.25, 0.3) is 0 Å². The van der Waals surface area contributed by atoms with Crippen LogP contribution in [0.25, 0.3) is 22.6 Å². The molecule has 0 spiro atoms. The van der Waals surface area contributed by atoms with Crippen molar-refractivity contribution in [3.05, 3.63) is 60.0 Å². The molecule has 0 saturated heterocycles. The van der Waals surface area contributed by atoms with Crippen LogP contribution >= 0.6 is 0 Å². The Kier molecular flexibility index (Phi) is 3.23. The number of aromatic nitrogens is 2. The van der Waals surface area contributed by atoms with E-state index in [1.54, 1.807) is 19.1 Å². The molecule has 5 heteroatoms. The molecule has 0 unspecified atom stereocenters. The van der Waals surface area contributed by atoms with Gasteiger partial charge >= 0.3 is 0 Å². The molecular formula is C16H13N3O2. The van der Waals surface area contributed by atoms with Crippen molar-refractivity contribution < 1.29 is 9.21 Å². The molecule has 1 aromatic heterocycles. The lowest BCUT2D eigenvalue weighted by molar-refractivity contribution is 0.100. The first-order chi connectivity index (χ1) is 10.1. The SMILES string of the molecule is Cc1nnc(-c2cc(C(N)=O)ccc2-c2ccccc2)o1. The van der Waals surface area contributed by atoms with E-state index in [0.717, 1.165) is 11.1 Å². The Morgan fingerprint density at radius 2 is 1.81 bits per heavy atom. The molecule has 0 aliphatic carbocycles. The second kappa shape index (κ2) is 5.20. The molecule has 0 radical (unpaired) electrons. The zero-order chi connectivity index (χ0) is 14.8. The maximum Gasteiger partial charge on any atom is 0.248 e. The molecule has 0 fully saturated rings. The molecular weight excluding hydrogens is 266 g/mol. The van der Waals surface area contributed by atoms with Crippen LogP contribution in [0.2, 0.25) is 0 Å². The summed E-state index contributed by atoms with van der Waals surface area (Å²) in [5.41, 5.74) is 8.35. The van der Waals surface area contributed by atoms with Gasteiger partial charge in [-0.2, -0.15) is 0 Å². The molecule has 0 aliphatic rings. The minimum absolute atomic E-state index is 0.370. The number of hydrogen-bond donors (Lipinski definition) is 1. The van der Waals surface area contributed by atoms with Gasteiger partial charge in [0.15, 0.2) is 0 Å². The Balaban J connectivity index is 2.22. The van der Waals surface area contributed by atoms with Gasteiger partial charge in [-0.3, -0.25) is 4.79 Å². The quantitative estimate of drug-likeness (QED) is 0.799. The standard InChI is InChI=1S/C16H13N3O2/c1-10-18-19-16(21-10)14-9-12(15(17)20)7-8-13(14)11-5-3-2-4-6-11/h2-9H,1H3,(H2,17,20). The number of carbonyl (C=O) groups excluding carboxylic acids is 1. The molecule has 0 saturated carbocycles. The molecule has 5 nitrogen and oxygen atoms in total. The van der Waals surface area contributed by atoms with Gasteiger partial charge in [0.2, 0.25) is 17.7 Å². The lowest BCUT2D eigenvalue weighted by Gasteiger charge is -2.08. The third-order valence-corrected chi connectivity index (χ3v) is 3.15. The summed E-state index contributed by atoms with van der Waals surface area (Å²) in [6.07, 6.45) is 0. The average Bonchev–Trinajstić information content (AvgIpc) is 2.94. The van der Waals surface area contributed by atoms with Crippen LogP contribution in [0.4, 0.5) is 0 Å². The van der Waals surface area contributed by atoms with Crippen LogP contribution in [0.3, 0.4) is 0 Å². The van der Waals surface area contributed by atoms with E-state index >= 15 is 0 Å². The van der Waals surface area contributed by atoms with Gasteiger partial charge < -0.3 is 10.2 Å². The van der Waals surface area contributed by atoms with Crippen molar-refractivity contribution in [3.63, 3.8) is 0 Å². The van der Waals surface area contributed by atoms with Crippen LogP contribution in [0, 0.1) is 6.92 Å². The number of primary amides is 1. The highest BCUT2D eigenvalue weighted by Crippen LogP contribution is 2.32. The van der Waals surface area contributed by atoms with Crippen molar-refractivity contribution in [1.82, 2.24) is 10.2 Å². The lowest BCUT2D eigenvalue weighted by Crippen LogP contribution is -2.10. The molecule has 21 heavy (non-hydrogen) atoms. The third-order valence-electron chi connectivity index (χ3n) is 3.15. The minimum Gasteiger partial charge on any atom is -0.421 e. The molecule has 3 aromatic rings. The Hall–Kier alpha value is -2.95. The van der Waals surface area contributed by atoms with Crippen LogP contribution in [-0.4, -0.2) is 16.1 Å². The zero-order valence-corrected chi connectivity index (χ0v) is 11.4. The fourth-order valence-corrected chi connectivity index (χ4v) is 2.15. The first-order valence-electron chi connectivity index (χ1n) is 6.45. The highest BCUT2D eigenvalue weighted by Gasteiger charge is 2.15. The Morgan fingerprint density at radius 3 is 2.43 bits per heavy atom. The number of benzene rings is 2. The van der Waals surface area contributed by atoms with Gasteiger partial charge in [-0.15, -0.1) is 10.2 Å². The summed E-state index contributed by atoms with van der Waals surface area (Å²) in [6.45, 7) is 1.72. The molecule has 2 N–H and O–H groups in total. The van der Waals surface area contributed by atoms with Crippen molar-refractivity contribution in [2.75, 3.05) is 0 Å². The monoisotopic (exact) mass is 279 g/mol. The molecule has 3 rings (SSSR count). The third kappa shape index (κ3) is 2.53. The number of aryl methyl sites for hydroxylation is 1. The summed E-state index contributed by atoms with van der Waals surface area (Å²) in [6, 6.07) is 15.0. The van der Waals surface area contributed by atoms with Crippen LogP contribution in [0.1, 0.15) is 16.2 Å². The van der Waals surface area contributed by atoms with Crippen molar-refractivity contribution in [2.45, 2.75) is 6.92 Å². The van der Waals surface area contributed by atoms with E-state index in [4.69, 9.17) is 10.2 Å². The Labute approximate surface area is 121 Å². The van der Waals surface area contributed by atoms with Crippen molar-refractivity contribution >= 4 is 5.91 Å². The van der Waals surface area contributed by atoms with E-state index in [1.807, 2.05) is 36.4 Å². The molecule has 1 heterocycles. The highest BCUT2D eigenvalue weighted by molar-refractivity contribution is 5.96. The van der Waals surface area contributed by atoms with Gasteiger partial charge in [-0.25, -0.2) is 0 Å². The van der Waals surface area contributed by atoms with Crippen molar-refractivity contribution in [3.8, 4) is 22.6 Å². The maximum atomic E-state index is 11.4. The second-order valence-corrected chi connectivity index (χ2v) is 4.62. The number of nitrogens with zero attached hydrogens (tertiary/aromatic N) is 2. The number of nitrogens with two attached hydrogens (primary N) is 1. The van der Waals surface area contributed by atoms with Crippen LogP contribution in [-0.2, 0) is 0 Å². The summed E-state index contributed by atoms with van der Waals surface area (Å²) in [7, 11) is 0. The first kappa shape index (κ1) is 13.1. The van der Waals surface area contributed by atoms with E-state index in [-0.39, 0.29) is 0 Å². The predicted molar refractivity (Wildman–Crippen MR) is 78.4 cm³/mol. The van der Waals surface area contributed by atoms with E-state index < -0.39 is 5.91 Å². The topological polar surface area (TPSA) is 82.0 Å². The van der Waals surface area contributed by atoms with Crippen LogP contribution in [0.15, 0.2) is 52.9 Å². The van der Waals surface area contributed by atoms with Gasteiger partial charge in [0, 0.05) is 18.1 Å². The Morgan fingerprint density at radius 1 is 1.05 bits per heavy atom. The zero-order valence-electron chi connectivity index (χ0n) is 11.4. The van der Waals surface area contributed by atoms with Gasteiger partial charge in [-0.1, -0.05) is 36.4 Å². The van der Waals surface area contributed by atoms with Crippen LogP contribution in [0.5, 0.6) is 0 Å². The number of rotatable bonds is 3. The number of amides is 1. The maximum absolute atomic E-state index is 11.4. The van der Waals surface area contributed by atoms with Crippen LogP contribution < -0.4 is 5.73 Å². The van der Waals surface area contributed by atoms with E-state index in [9.17, 15) is 4.79 Å². The molecule has 0 bridgehead atoms. The van der Waals surface area contributed by atoms with Gasteiger partial charge in [0.05, 0.1) is 0 Å². The molecule has 0 aliphatic heterocycles. The number of carbonyl (C=O) groups is 1. The van der Waals surface area contributed by atoms with Gasteiger partial charge in [-0.05, 0) is 23.3 Å². The lowest BCUT2D eigenvalue weighted by atomic mass is 9.97. The molecule has 2 aromatic carbocycles. The summed E-state index contributed by atoms with van der Waals surface area (Å²) >= 11 is 0. The molecule has 0 atom stereocenters. The fourth-order valence-electron chi connectivity index (χ4n) is 2.15. The second-order valence-electron chi connectivity index (χ2n) is 4.62. The molecule has 1 amide bonds. The van der Waals surface area contributed by atoms with E-state index in [0.29, 0.717) is 22.9 Å². The van der Waals surface area contributed by atoms with Gasteiger partial charge in [0.1, 0.15) is 0 Å².